The largest absolute Gasteiger partial charge is 0.478 e. The summed E-state index contributed by atoms with van der Waals surface area (Å²) < 4.78 is 0. The first-order chi connectivity index (χ1) is 6.63. The number of rotatable bonds is 3. The van der Waals surface area contributed by atoms with Crippen molar-refractivity contribution in [2.24, 2.45) is 0 Å². The van der Waals surface area contributed by atoms with Crippen molar-refractivity contribution >= 4 is 17.7 Å². The lowest BCUT2D eigenvalue weighted by Crippen LogP contribution is -1.98. The van der Waals surface area contributed by atoms with Crippen molar-refractivity contribution in [3.8, 4) is 0 Å². The van der Waals surface area contributed by atoms with Crippen molar-refractivity contribution in [2.75, 3.05) is 5.73 Å². The lowest BCUT2D eigenvalue weighted by Gasteiger charge is -1.99. The van der Waals surface area contributed by atoms with E-state index >= 15 is 0 Å². The highest BCUT2D eigenvalue weighted by Crippen LogP contribution is 2.12. The Morgan fingerprint density at radius 3 is 2.79 bits per heavy atom. The predicted molar refractivity (Wildman–Crippen MR) is 56.8 cm³/mol. The molecule has 0 spiro atoms. The van der Waals surface area contributed by atoms with E-state index < -0.39 is 5.97 Å². The summed E-state index contributed by atoms with van der Waals surface area (Å²) >= 11 is 0. The van der Waals surface area contributed by atoms with Gasteiger partial charge in [-0.05, 0) is 30.2 Å². The summed E-state index contributed by atoms with van der Waals surface area (Å²) in [6, 6.07) is 7.15. The van der Waals surface area contributed by atoms with E-state index in [9.17, 15) is 4.79 Å². The van der Waals surface area contributed by atoms with E-state index in [0.29, 0.717) is 17.7 Å². The van der Waals surface area contributed by atoms with Crippen LogP contribution in [-0.4, -0.2) is 11.1 Å². The van der Waals surface area contributed by atoms with Gasteiger partial charge < -0.3 is 10.8 Å². The molecule has 3 nitrogen and oxygen atoms in total. The Balaban J connectivity index is 3.00. The second-order valence-corrected chi connectivity index (χ2v) is 3.00. The Morgan fingerprint density at radius 1 is 1.57 bits per heavy atom. The van der Waals surface area contributed by atoms with Crippen molar-refractivity contribution in [3.63, 3.8) is 0 Å². The summed E-state index contributed by atoms with van der Waals surface area (Å²) in [4.78, 5) is 10.7. The fourth-order valence-electron chi connectivity index (χ4n) is 1.16. The molecule has 0 aliphatic rings. The second kappa shape index (κ2) is 4.46. The number of nitrogen functional groups attached to an aromatic ring is 1. The van der Waals surface area contributed by atoms with Crippen LogP contribution in [0.15, 0.2) is 29.8 Å². The maximum absolute atomic E-state index is 10.7. The van der Waals surface area contributed by atoms with Gasteiger partial charge in [-0.25, -0.2) is 4.79 Å². The third kappa shape index (κ3) is 2.62. The van der Waals surface area contributed by atoms with Crippen LogP contribution in [0.4, 0.5) is 5.69 Å². The molecule has 0 bridgehead atoms. The Hall–Kier alpha value is -1.77. The van der Waals surface area contributed by atoms with Crippen LogP contribution in [0.2, 0.25) is 0 Å². The topological polar surface area (TPSA) is 63.3 Å². The van der Waals surface area contributed by atoms with Gasteiger partial charge in [-0.2, -0.15) is 0 Å². The van der Waals surface area contributed by atoms with Gasteiger partial charge in [0.05, 0.1) is 0 Å². The van der Waals surface area contributed by atoms with Crippen molar-refractivity contribution < 1.29 is 9.90 Å². The third-order valence-corrected chi connectivity index (χ3v) is 1.91. The fourth-order valence-corrected chi connectivity index (χ4v) is 1.16. The average Bonchev–Trinajstić information content (AvgIpc) is 2.14. The molecule has 14 heavy (non-hydrogen) atoms. The van der Waals surface area contributed by atoms with Crippen LogP contribution in [0.1, 0.15) is 18.9 Å². The Bertz CT molecular complexity index is 369. The zero-order valence-electron chi connectivity index (χ0n) is 8.03. The number of hydrogen-bond donors (Lipinski definition) is 2. The van der Waals surface area contributed by atoms with Crippen molar-refractivity contribution in [1.82, 2.24) is 0 Å². The molecule has 1 aromatic rings. The van der Waals surface area contributed by atoms with Gasteiger partial charge in [0.25, 0.3) is 0 Å². The van der Waals surface area contributed by atoms with Crippen LogP contribution < -0.4 is 5.73 Å². The molecule has 0 radical (unpaired) electrons. The van der Waals surface area contributed by atoms with Gasteiger partial charge in [-0.1, -0.05) is 19.1 Å². The highest BCUT2D eigenvalue weighted by molar-refractivity contribution is 5.92. The molecule has 0 saturated carbocycles. The van der Waals surface area contributed by atoms with Gasteiger partial charge in [0, 0.05) is 11.3 Å². The van der Waals surface area contributed by atoms with Gasteiger partial charge in [-0.15, -0.1) is 0 Å². The van der Waals surface area contributed by atoms with E-state index in [1.54, 1.807) is 24.3 Å². The van der Waals surface area contributed by atoms with Gasteiger partial charge in [-0.3, -0.25) is 0 Å². The molecule has 0 saturated heterocycles. The molecule has 0 aliphatic heterocycles. The Labute approximate surface area is 82.9 Å². The van der Waals surface area contributed by atoms with Crippen molar-refractivity contribution in [3.05, 3.63) is 35.4 Å². The van der Waals surface area contributed by atoms with Gasteiger partial charge in [0.2, 0.25) is 0 Å². The van der Waals surface area contributed by atoms with Gasteiger partial charge >= 0.3 is 5.97 Å². The molecule has 0 unspecified atom stereocenters. The van der Waals surface area contributed by atoms with E-state index in [0.717, 1.165) is 5.56 Å². The normalized spacial score (nSPS) is 11.4. The first-order valence-corrected chi connectivity index (χ1v) is 4.43. The number of carbonyl (C=O) groups is 1. The predicted octanol–water partition coefficient (Wildman–Crippen LogP) is 2.15. The number of aliphatic carboxylic acids is 1. The minimum absolute atomic E-state index is 0.385. The monoisotopic (exact) mass is 191 g/mol. The Kier molecular flexibility index (Phi) is 3.29. The molecule has 3 N–H and O–H groups in total. The number of hydrogen-bond acceptors (Lipinski definition) is 2. The molecule has 1 aromatic carbocycles. The molecule has 3 heteroatoms. The maximum atomic E-state index is 10.7. The smallest absolute Gasteiger partial charge is 0.331 e. The SMILES string of the molecule is CCC(=Cc1cccc(N)c1)C(=O)O. The first-order valence-electron chi connectivity index (χ1n) is 4.43. The lowest BCUT2D eigenvalue weighted by atomic mass is 10.1. The number of anilines is 1. The average molecular weight is 191 g/mol. The van der Waals surface area contributed by atoms with Crippen LogP contribution >= 0.6 is 0 Å². The summed E-state index contributed by atoms with van der Waals surface area (Å²) in [6.45, 7) is 1.81. The van der Waals surface area contributed by atoms with Crippen molar-refractivity contribution in [2.45, 2.75) is 13.3 Å². The minimum atomic E-state index is -0.880. The number of carboxylic acids is 1. The van der Waals surface area contributed by atoms with Crippen LogP contribution in [0.25, 0.3) is 6.08 Å². The number of nitrogens with two attached hydrogens (primary N) is 1. The summed E-state index contributed by atoms with van der Waals surface area (Å²) in [7, 11) is 0. The van der Waals surface area contributed by atoms with E-state index in [4.69, 9.17) is 10.8 Å². The van der Waals surface area contributed by atoms with Crippen LogP contribution in [0, 0.1) is 0 Å². The Morgan fingerprint density at radius 2 is 2.29 bits per heavy atom. The minimum Gasteiger partial charge on any atom is -0.478 e. The molecular weight excluding hydrogens is 178 g/mol. The summed E-state index contributed by atoms with van der Waals surface area (Å²) in [5, 5.41) is 8.80. The zero-order valence-corrected chi connectivity index (χ0v) is 8.03. The van der Waals surface area contributed by atoms with Gasteiger partial charge in [0.15, 0.2) is 0 Å². The van der Waals surface area contributed by atoms with Crippen LogP contribution in [-0.2, 0) is 4.79 Å². The van der Waals surface area contributed by atoms with Crippen molar-refractivity contribution in [1.29, 1.82) is 0 Å². The molecule has 0 aliphatic carbocycles. The van der Waals surface area contributed by atoms with E-state index in [1.165, 1.54) is 0 Å². The number of carboxylic acid groups (broad SMARTS) is 1. The van der Waals surface area contributed by atoms with E-state index in [1.807, 2.05) is 13.0 Å². The quantitative estimate of drug-likeness (QED) is 0.568. The van der Waals surface area contributed by atoms with Crippen LogP contribution in [0.3, 0.4) is 0 Å². The van der Waals surface area contributed by atoms with E-state index in [-0.39, 0.29) is 0 Å². The van der Waals surface area contributed by atoms with E-state index in [2.05, 4.69) is 0 Å². The third-order valence-electron chi connectivity index (χ3n) is 1.91. The zero-order chi connectivity index (χ0) is 10.6. The number of benzene rings is 1. The maximum Gasteiger partial charge on any atom is 0.331 e. The summed E-state index contributed by atoms with van der Waals surface area (Å²) in [5.74, 6) is -0.880. The molecule has 74 valence electrons. The lowest BCUT2D eigenvalue weighted by molar-refractivity contribution is -0.132. The molecular formula is C11H13NO2. The molecule has 0 heterocycles. The van der Waals surface area contributed by atoms with Crippen LogP contribution in [0.5, 0.6) is 0 Å². The first kappa shape index (κ1) is 10.3. The highest BCUT2D eigenvalue weighted by atomic mass is 16.4. The molecule has 0 amide bonds. The highest BCUT2D eigenvalue weighted by Gasteiger charge is 2.03. The standard InChI is InChI=1S/C11H13NO2/c1-2-9(11(13)14)6-8-4-3-5-10(12)7-8/h3-7H,2,12H2,1H3,(H,13,14). The molecule has 0 fully saturated rings. The molecule has 0 aromatic heterocycles. The second-order valence-electron chi connectivity index (χ2n) is 3.00. The summed E-state index contributed by atoms with van der Waals surface area (Å²) in [6.07, 6.45) is 2.14. The molecule has 0 atom stereocenters. The van der Waals surface area contributed by atoms with Gasteiger partial charge in [0.1, 0.15) is 0 Å². The fraction of sp³-hybridized carbons (Fsp3) is 0.182. The molecule has 1 rings (SSSR count). The summed E-state index contributed by atoms with van der Waals surface area (Å²) in [5.41, 5.74) is 7.42.